The zero-order valence-corrected chi connectivity index (χ0v) is 14.3. The van der Waals surface area contributed by atoms with Gasteiger partial charge in [-0.15, -0.1) is 0 Å². The van der Waals surface area contributed by atoms with Crippen molar-refractivity contribution < 1.29 is 8.42 Å². The van der Waals surface area contributed by atoms with Crippen LogP contribution in [0.15, 0.2) is 17.0 Å². The molecular weight excluding hydrogens is 331 g/mol. The third-order valence-electron chi connectivity index (χ3n) is 2.76. The van der Waals surface area contributed by atoms with Crippen LogP contribution in [0.5, 0.6) is 0 Å². The topological polar surface area (TPSA) is 63.4 Å². The highest BCUT2D eigenvalue weighted by Gasteiger charge is 2.28. The zero-order valence-electron chi connectivity index (χ0n) is 12.0. The third kappa shape index (κ3) is 4.35. The Morgan fingerprint density at radius 2 is 1.81 bits per heavy atom. The number of hydrogen-bond donors (Lipinski definition) is 1. The van der Waals surface area contributed by atoms with Gasteiger partial charge < -0.3 is 5.73 Å². The van der Waals surface area contributed by atoms with E-state index in [1.165, 1.54) is 16.4 Å². The molecule has 1 rings (SSSR count). The number of halogens is 2. The molecule has 0 aliphatic carbocycles. The van der Waals surface area contributed by atoms with E-state index in [0.717, 1.165) is 0 Å². The van der Waals surface area contributed by atoms with E-state index >= 15 is 0 Å². The molecule has 0 fully saturated rings. The summed E-state index contributed by atoms with van der Waals surface area (Å²) in [6.45, 7) is 4.66. The minimum Gasteiger partial charge on any atom is -0.320 e. The van der Waals surface area contributed by atoms with Gasteiger partial charge in [0, 0.05) is 18.7 Å². The van der Waals surface area contributed by atoms with E-state index in [0.29, 0.717) is 25.1 Å². The van der Waals surface area contributed by atoms with Crippen molar-refractivity contribution in [1.29, 1.82) is 0 Å². The summed E-state index contributed by atoms with van der Waals surface area (Å²) < 4.78 is 26.6. The van der Waals surface area contributed by atoms with E-state index in [1.807, 2.05) is 6.92 Å². The van der Waals surface area contributed by atoms with Crippen LogP contribution in [-0.2, 0) is 10.0 Å². The van der Waals surface area contributed by atoms with Gasteiger partial charge in [-0.2, -0.15) is 4.31 Å². The van der Waals surface area contributed by atoms with Gasteiger partial charge in [-0.3, -0.25) is 0 Å². The molecule has 0 amide bonds. The van der Waals surface area contributed by atoms with Crippen LogP contribution in [0.3, 0.4) is 0 Å². The fourth-order valence-electron chi connectivity index (χ4n) is 1.86. The highest BCUT2D eigenvalue weighted by molar-refractivity contribution is 7.89. The Hall–Kier alpha value is -0.770. The van der Waals surface area contributed by atoms with Gasteiger partial charge in [0.1, 0.15) is 4.90 Å². The Labute approximate surface area is 136 Å². The molecule has 0 aromatic heterocycles. The maximum absolute atomic E-state index is 12.6. The molecule has 0 aliphatic heterocycles. The first-order valence-corrected chi connectivity index (χ1v) is 8.76. The smallest absolute Gasteiger partial charge is 0.246 e. The van der Waals surface area contributed by atoms with Crippen LogP contribution in [0.1, 0.15) is 25.8 Å². The molecule has 4 nitrogen and oxygen atoms in total. The Morgan fingerprint density at radius 3 is 2.24 bits per heavy atom. The van der Waals surface area contributed by atoms with E-state index < -0.39 is 10.0 Å². The summed E-state index contributed by atoms with van der Waals surface area (Å²) in [5, 5.41) is 0.136. The minimum absolute atomic E-state index is 0.0679. The molecule has 21 heavy (non-hydrogen) atoms. The SMILES string of the molecule is CCCN(CC)S(=O)(=O)c1c(Cl)cc(C#CCN)cc1Cl. The predicted octanol–water partition coefficient (Wildman–Crippen LogP) is 2.72. The first kappa shape index (κ1) is 18.3. The maximum atomic E-state index is 12.6. The van der Waals surface area contributed by atoms with Crippen molar-refractivity contribution in [3.63, 3.8) is 0 Å². The van der Waals surface area contributed by atoms with E-state index in [4.69, 9.17) is 28.9 Å². The molecule has 7 heteroatoms. The molecule has 0 spiro atoms. The molecule has 0 saturated carbocycles. The lowest BCUT2D eigenvalue weighted by molar-refractivity contribution is 0.427. The Kier molecular flexibility index (Phi) is 6.98. The van der Waals surface area contributed by atoms with Crippen molar-refractivity contribution >= 4 is 33.2 Å². The molecule has 2 N–H and O–H groups in total. The lowest BCUT2D eigenvalue weighted by atomic mass is 10.2. The predicted molar refractivity (Wildman–Crippen MR) is 87.1 cm³/mol. The van der Waals surface area contributed by atoms with Crippen molar-refractivity contribution in [1.82, 2.24) is 4.31 Å². The van der Waals surface area contributed by atoms with Crippen molar-refractivity contribution in [3.8, 4) is 11.8 Å². The van der Waals surface area contributed by atoms with E-state index in [2.05, 4.69) is 11.8 Å². The number of hydrogen-bond acceptors (Lipinski definition) is 3. The average molecular weight is 349 g/mol. The summed E-state index contributed by atoms with van der Waals surface area (Å²) in [7, 11) is -3.72. The van der Waals surface area contributed by atoms with Crippen LogP contribution in [0.25, 0.3) is 0 Å². The van der Waals surface area contributed by atoms with Gasteiger partial charge in [0.2, 0.25) is 10.0 Å². The minimum atomic E-state index is -3.72. The summed E-state index contributed by atoms with van der Waals surface area (Å²) in [5.41, 5.74) is 5.84. The fraction of sp³-hybridized carbons (Fsp3) is 0.429. The Morgan fingerprint density at radius 1 is 1.24 bits per heavy atom. The second kappa shape index (κ2) is 8.02. The molecule has 0 unspecified atom stereocenters. The van der Waals surface area contributed by atoms with Gasteiger partial charge >= 0.3 is 0 Å². The number of benzene rings is 1. The van der Waals surface area contributed by atoms with Crippen molar-refractivity contribution in [2.45, 2.75) is 25.2 Å². The fourth-order valence-corrected chi connectivity index (χ4v) is 4.56. The standard InChI is InChI=1S/C14H18Cl2N2O2S/c1-3-8-18(4-2)21(19,20)14-12(15)9-11(6-5-7-17)10-13(14)16/h9-10H,3-4,7-8,17H2,1-2H3. The Bertz CT molecular complexity index is 640. The largest absolute Gasteiger partial charge is 0.320 e. The number of rotatable bonds is 5. The summed E-state index contributed by atoms with van der Waals surface area (Å²) in [4.78, 5) is -0.0700. The summed E-state index contributed by atoms with van der Waals surface area (Å²) in [5.74, 6) is 5.45. The molecule has 1 aromatic rings. The van der Waals surface area contributed by atoms with E-state index in [9.17, 15) is 8.42 Å². The lowest BCUT2D eigenvalue weighted by Crippen LogP contribution is -2.32. The normalized spacial score (nSPS) is 11.3. The van der Waals surface area contributed by atoms with E-state index in [1.54, 1.807) is 6.92 Å². The van der Waals surface area contributed by atoms with E-state index in [-0.39, 0.29) is 21.5 Å². The summed E-state index contributed by atoms with van der Waals surface area (Å²) in [6.07, 6.45) is 0.711. The molecule has 0 atom stereocenters. The number of nitrogens with zero attached hydrogens (tertiary/aromatic N) is 1. The van der Waals surface area contributed by atoms with Gasteiger partial charge in [-0.1, -0.05) is 48.9 Å². The molecule has 0 aliphatic rings. The molecule has 0 saturated heterocycles. The van der Waals surface area contributed by atoms with Gasteiger partial charge in [-0.25, -0.2) is 8.42 Å². The van der Waals surface area contributed by atoms with Crippen molar-refractivity contribution in [2.24, 2.45) is 5.73 Å². The average Bonchev–Trinajstić information content (AvgIpc) is 2.41. The van der Waals surface area contributed by atoms with Crippen molar-refractivity contribution in [3.05, 3.63) is 27.7 Å². The summed E-state index contributed by atoms with van der Waals surface area (Å²) >= 11 is 12.2. The first-order chi connectivity index (χ1) is 9.88. The quantitative estimate of drug-likeness (QED) is 0.832. The summed E-state index contributed by atoms with van der Waals surface area (Å²) in [6, 6.07) is 2.98. The monoisotopic (exact) mass is 348 g/mol. The van der Waals surface area contributed by atoms with Crippen LogP contribution in [0, 0.1) is 11.8 Å². The number of sulfonamides is 1. The second-order valence-corrected chi connectivity index (χ2v) is 6.96. The number of nitrogens with two attached hydrogens (primary N) is 1. The molecule has 0 heterocycles. The van der Waals surface area contributed by atoms with Crippen LogP contribution in [0.2, 0.25) is 10.0 Å². The molecule has 0 bridgehead atoms. The van der Waals surface area contributed by atoms with Gasteiger partial charge in [0.05, 0.1) is 16.6 Å². The molecule has 116 valence electrons. The second-order valence-electron chi connectivity index (χ2n) is 4.27. The van der Waals surface area contributed by atoms with Crippen molar-refractivity contribution in [2.75, 3.05) is 19.6 Å². The van der Waals surface area contributed by atoms with Crippen LogP contribution in [-0.4, -0.2) is 32.4 Å². The molecular formula is C14H18Cl2N2O2S. The third-order valence-corrected chi connectivity index (χ3v) is 5.65. The molecule has 0 radical (unpaired) electrons. The highest BCUT2D eigenvalue weighted by atomic mass is 35.5. The molecule has 1 aromatic carbocycles. The zero-order chi connectivity index (χ0) is 16.0. The highest BCUT2D eigenvalue weighted by Crippen LogP contribution is 2.33. The lowest BCUT2D eigenvalue weighted by Gasteiger charge is -2.21. The van der Waals surface area contributed by atoms with Crippen LogP contribution < -0.4 is 5.73 Å². The van der Waals surface area contributed by atoms with Crippen LogP contribution >= 0.6 is 23.2 Å². The van der Waals surface area contributed by atoms with Gasteiger partial charge in [-0.05, 0) is 18.6 Å². The van der Waals surface area contributed by atoms with Gasteiger partial charge in [0.15, 0.2) is 0 Å². The first-order valence-electron chi connectivity index (χ1n) is 6.56. The van der Waals surface area contributed by atoms with Gasteiger partial charge in [0.25, 0.3) is 0 Å². The maximum Gasteiger partial charge on any atom is 0.246 e. The Balaban J connectivity index is 3.37. The van der Waals surface area contributed by atoms with Crippen LogP contribution in [0.4, 0.5) is 0 Å².